The average Bonchev–Trinajstić information content (AvgIpc) is 2.58. The van der Waals surface area contributed by atoms with E-state index in [4.69, 9.17) is 9.84 Å². The fraction of sp³-hybridized carbons (Fsp3) is 0.579. The maximum atomic E-state index is 12.0. The van der Waals surface area contributed by atoms with Crippen LogP contribution in [0.5, 0.6) is 0 Å². The predicted molar refractivity (Wildman–Crippen MR) is 101 cm³/mol. The highest BCUT2D eigenvalue weighted by Crippen LogP contribution is 2.17. The van der Waals surface area contributed by atoms with E-state index in [1.54, 1.807) is 24.1 Å². The van der Waals surface area contributed by atoms with Gasteiger partial charge in [-0.25, -0.2) is 9.59 Å². The second-order valence-electron chi connectivity index (χ2n) is 7.58. The molecule has 1 saturated heterocycles. The minimum absolute atomic E-state index is 0.297. The molecule has 0 atom stereocenters. The molecule has 1 aliphatic rings. The highest BCUT2D eigenvalue weighted by atomic mass is 16.6. The number of benzene rings is 1. The molecule has 0 unspecified atom stereocenters. The lowest BCUT2D eigenvalue weighted by atomic mass is 10.2. The zero-order valence-electron chi connectivity index (χ0n) is 16.1. The number of anilines is 1. The van der Waals surface area contributed by atoms with Crippen molar-refractivity contribution in [2.24, 2.45) is 0 Å². The summed E-state index contributed by atoms with van der Waals surface area (Å²) in [5.74, 6) is -0.907. The number of carbonyl (C=O) groups excluding carboxylic acids is 1. The number of amides is 1. The van der Waals surface area contributed by atoms with Crippen molar-refractivity contribution in [3.63, 3.8) is 0 Å². The van der Waals surface area contributed by atoms with Gasteiger partial charge in [0, 0.05) is 52.0 Å². The molecule has 2 rings (SSSR count). The van der Waals surface area contributed by atoms with Crippen molar-refractivity contribution >= 4 is 17.7 Å². The van der Waals surface area contributed by atoms with E-state index in [2.05, 4.69) is 9.80 Å². The van der Waals surface area contributed by atoms with E-state index in [9.17, 15) is 9.59 Å². The molecule has 144 valence electrons. The molecule has 0 aromatic heterocycles. The molecular weight excluding hydrogens is 334 g/mol. The largest absolute Gasteiger partial charge is 0.478 e. The topological polar surface area (TPSA) is 73.3 Å². The van der Waals surface area contributed by atoms with Crippen LogP contribution in [0.1, 0.15) is 31.1 Å². The third kappa shape index (κ3) is 5.91. The van der Waals surface area contributed by atoms with Crippen LogP contribution < -0.4 is 4.90 Å². The molecule has 1 heterocycles. The number of carbonyl (C=O) groups is 2. The summed E-state index contributed by atoms with van der Waals surface area (Å²) in [6.45, 7) is 10.6. The Kier molecular flexibility index (Phi) is 6.47. The van der Waals surface area contributed by atoms with Crippen LogP contribution in [0.15, 0.2) is 24.3 Å². The minimum Gasteiger partial charge on any atom is -0.478 e. The normalized spacial score (nSPS) is 15.6. The lowest BCUT2D eigenvalue weighted by Gasteiger charge is -2.36. The minimum atomic E-state index is -0.907. The third-order valence-corrected chi connectivity index (χ3v) is 4.31. The van der Waals surface area contributed by atoms with Gasteiger partial charge in [-0.05, 0) is 45.0 Å². The number of ether oxygens (including phenoxy) is 1. The van der Waals surface area contributed by atoms with Crippen LogP contribution in [0, 0.1) is 0 Å². The van der Waals surface area contributed by atoms with Crippen molar-refractivity contribution in [3.8, 4) is 0 Å². The summed E-state index contributed by atoms with van der Waals surface area (Å²) >= 11 is 0. The van der Waals surface area contributed by atoms with Crippen molar-refractivity contribution in [3.05, 3.63) is 29.8 Å². The summed E-state index contributed by atoms with van der Waals surface area (Å²) in [5.41, 5.74) is 0.866. The zero-order valence-corrected chi connectivity index (χ0v) is 16.1. The molecule has 0 radical (unpaired) electrons. The maximum Gasteiger partial charge on any atom is 0.410 e. The van der Waals surface area contributed by atoms with Gasteiger partial charge in [-0.1, -0.05) is 0 Å². The van der Waals surface area contributed by atoms with Gasteiger partial charge in [-0.2, -0.15) is 0 Å². The highest BCUT2D eigenvalue weighted by molar-refractivity contribution is 5.88. The van der Waals surface area contributed by atoms with Crippen molar-refractivity contribution in [1.82, 2.24) is 9.80 Å². The molecule has 1 fully saturated rings. The Morgan fingerprint density at radius 2 is 1.69 bits per heavy atom. The summed E-state index contributed by atoms with van der Waals surface area (Å²) in [6, 6.07) is 6.99. The molecule has 0 bridgehead atoms. The zero-order chi connectivity index (χ0) is 19.3. The first-order valence-corrected chi connectivity index (χ1v) is 8.90. The molecule has 7 nitrogen and oxygen atoms in total. The Labute approximate surface area is 155 Å². The van der Waals surface area contributed by atoms with Crippen LogP contribution >= 0.6 is 0 Å². The van der Waals surface area contributed by atoms with Gasteiger partial charge >= 0.3 is 12.1 Å². The van der Waals surface area contributed by atoms with Crippen LogP contribution in [0.4, 0.5) is 10.5 Å². The van der Waals surface area contributed by atoms with E-state index < -0.39 is 11.6 Å². The number of nitrogens with zero attached hydrogens (tertiary/aromatic N) is 3. The lowest BCUT2D eigenvalue weighted by molar-refractivity contribution is 0.0282. The number of piperazine rings is 1. The van der Waals surface area contributed by atoms with Gasteiger partial charge < -0.3 is 19.6 Å². The van der Waals surface area contributed by atoms with Crippen molar-refractivity contribution in [2.75, 3.05) is 51.2 Å². The van der Waals surface area contributed by atoms with Crippen molar-refractivity contribution < 1.29 is 19.4 Å². The number of likely N-dealkylation sites (N-methyl/N-ethyl adjacent to an activating group) is 1. The molecule has 7 heteroatoms. The maximum absolute atomic E-state index is 12.0. The second kappa shape index (κ2) is 8.40. The van der Waals surface area contributed by atoms with Gasteiger partial charge in [-0.15, -0.1) is 0 Å². The number of carboxylic acid groups (broad SMARTS) is 1. The highest BCUT2D eigenvalue weighted by Gasteiger charge is 2.21. The third-order valence-electron chi connectivity index (χ3n) is 4.31. The second-order valence-corrected chi connectivity index (χ2v) is 7.58. The first kappa shape index (κ1) is 20.0. The summed E-state index contributed by atoms with van der Waals surface area (Å²) in [6.07, 6.45) is -0.297. The van der Waals surface area contributed by atoms with Crippen LogP contribution in [0.2, 0.25) is 0 Å². The molecular formula is C19H29N3O4. The van der Waals surface area contributed by atoms with Crippen molar-refractivity contribution in [2.45, 2.75) is 26.4 Å². The Hall–Kier alpha value is -2.28. The standard InChI is InChI=1S/C19H29N3O4/c1-19(2,3)26-18(25)20(4)9-10-21-11-13-22(14-12-21)16-7-5-15(6-8-16)17(23)24/h5-8H,9-14H2,1-4H3,(H,23,24). The van der Waals surface area contributed by atoms with E-state index in [-0.39, 0.29) is 6.09 Å². The summed E-state index contributed by atoms with van der Waals surface area (Å²) in [7, 11) is 1.76. The van der Waals surface area contributed by atoms with Crippen LogP contribution in [0.3, 0.4) is 0 Å². The van der Waals surface area contributed by atoms with Gasteiger partial charge in [0.15, 0.2) is 0 Å². The fourth-order valence-corrected chi connectivity index (χ4v) is 2.77. The Balaban J connectivity index is 1.76. The summed E-state index contributed by atoms with van der Waals surface area (Å²) < 4.78 is 5.36. The van der Waals surface area contributed by atoms with E-state index in [1.165, 1.54) is 0 Å². The molecule has 26 heavy (non-hydrogen) atoms. The van der Waals surface area contributed by atoms with Gasteiger partial charge in [0.2, 0.25) is 0 Å². The van der Waals surface area contributed by atoms with Crippen molar-refractivity contribution in [1.29, 1.82) is 0 Å². The summed E-state index contributed by atoms with van der Waals surface area (Å²) in [4.78, 5) is 29.1. The fourth-order valence-electron chi connectivity index (χ4n) is 2.77. The molecule has 1 amide bonds. The number of rotatable bonds is 5. The molecule has 1 aromatic rings. The van der Waals surface area contributed by atoms with Crippen LogP contribution in [-0.4, -0.2) is 78.9 Å². The number of aromatic carboxylic acids is 1. The molecule has 1 aliphatic heterocycles. The van der Waals surface area contributed by atoms with Crippen LogP contribution in [-0.2, 0) is 4.74 Å². The Morgan fingerprint density at radius 1 is 1.12 bits per heavy atom. The number of hydrogen-bond donors (Lipinski definition) is 1. The quantitative estimate of drug-likeness (QED) is 0.866. The van der Waals surface area contributed by atoms with Crippen LogP contribution in [0.25, 0.3) is 0 Å². The number of carboxylic acids is 1. The molecule has 1 aromatic carbocycles. The van der Waals surface area contributed by atoms with E-state index in [0.717, 1.165) is 38.4 Å². The molecule has 1 N–H and O–H groups in total. The molecule has 0 aliphatic carbocycles. The lowest BCUT2D eigenvalue weighted by Crippen LogP contribution is -2.49. The predicted octanol–water partition coefficient (Wildman–Crippen LogP) is 2.37. The van der Waals surface area contributed by atoms with Gasteiger partial charge in [-0.3, -0.25) is 4.90 Å². The van der Waals surface area contributed by atoms with Gasteiger partial charge in [0.25, 0.3) is 0 Å². The van der Waals surface area contributed by atoms with E-state index in [0.29, 0.717) is 12.1 Å². The van der Waals surface area contributed by atoms with E-state index in [1.807, 2.05) is 32.9 Å². The average molecular weight is 363 g/mol. The summed E-state index contributed by atoms with van der Waals surface area (Å²) in [5, 5.41) is 8.97. The SMILES string of the molecule is CN(CCN1CCN(c2ccc(C(=O)O)cc2)CC1)C(=O)OC(C)(C)C. The van der Waals surface area contributed by atoms with Gasteiger partial charge in [0.1, 0.15) is 5.60 Å². The molecule has 0 saturated carbocycles. The monoisotopic (exact) mass is 363 g/mol. The Morgan fingerprint density at radius 3 is 2.19 bits per heavy atom. The first-order chi connectivity index (χ1) is 12.2. The van der Waals surface area contributed by atoms with Gasteiger partial charge in [0.05, 0.1) is 5.56 Å². The number of hydrogen-bond acceptors (Lipinski definition) is 5. The van der Waals surface area contributed by atoms with E-state index >= 15 is 0 Å². The smallest absolute Gasteiger partial charge is 0.410 e. The Bertz CT molecular complexity index is 617. The first-order valence-electron chi connectivity index (χ1n) is 8.90. The molecule has 0 spiro atoms.